The van der Waals surface area contributed by atoms with Crippen LogP contribution in [0.3, 0.4) is 0 Å². The molecule has 0 unspecified atom stereocenters. The molecule has 3 rings (SSSR count). The summed E-state index contributed by atoms with van der Waals surface area (Å²) in [6, 6.07) is 5.06. The van der Waals surface area contributed by atoms with Crippen molar-refractivity contribution in [2.45, 2.75) is 6.92 Å². The summed E-state index contributed by atoms with van der Waals surface area (Å²) in [6.45, 7) is 1.61. The molecule has 25 heavy (non-hydrogen) atoms. The smallest absolute Gasteiger partial charge is 0.293 e. The minimum Gasteiger partial charge on any atom is -0.378 e. The van der Waals surface area contributed by atoms with Crippen LogP contribution in [-0.4, -0.2) is 37.4 Å². The van der Waals surface area contributed by atoms with Gasteiger partial charge in [0.05, 0.1) is 22.0 Å². The second-order valence-corrected chi connectivity index (χ2v) is 5.54. The van der Waals surface area contributed by atoms with E-state index in [-0.39, 0.29) is 17.3 Å². The summed E-state index contributed by atoms with van der Waals surface area (Å²) >= 11 is 11.9. The molecular weight excluding hydrogens is 371 g/mol. The SMILES string of the molecule is Cc1c(C(=O)N/N=C/c2cccc(Cl)c2Cl)nnn1-c1nonc1N. The van der Waals surface area contributed by atoms with E-state index in [1.54, 1.807) is 25.1 Å². The number of nitrogens with zero attached hydrogens (tertiary/aromatic N) is 6. The Morgan fingerprint density at radius 2 is 2.20 bits per heavy atom. The number of nitrogen functional groups attached to an aromatic ring is 1. The Balaban J connectivity index is 1.76. The third-order valence-electron chi connectivity index (χ3n) is 3.16. The van der Waals surface area contributed by atoms with Gasteiger partial charge in [-0.2, -0.15) is 9.78 Å². The molecular formula is C13H10Cl2N8O2. The van der Waals surface area contributed by atoms with Crippen LogP contribution in [0.2, 0.25) is 10.0 Å². The quantitative estimate of drug-likeness (QED) is 0.517. The Hall–Kier alpha value is -2.98. The van der Waals surface area contributed by atoms with Gasteiger partial charge in [0.25, 0.3) is 5.91 Å². The molecule has 2 aromatic heterocycles. The molecule has 0 spiro atoms. The number of nitrogens with one attached hydrogen (secondary N) is 1. The molecule has 0 aliphatic heterocycles. The molecule has 0 aliphatic carbocycles. The van der Waals surface area contributed by atoms with Crippen molar-refractivity contribution in [3.05, 3.63) is 45.2 Å². The number of anilines is 1. The van der Waals surface area contributed by atoms with Crippen molar-refractivity contribution in [1.82, 2.24) is 30.7 Å². The van der Waals surface area contributed by atoms with E-state index in [1.807, 2.05) is 0 Å². The van der Waals surface area contributed by atoms with Crippen molar-refractivity contribution in [1.29, 1.82) is 0 Å². The van der Waals surface area contributed by atoms with Gasteiger partial charge in [0.2, 0.25) is 11.6 Å². The van der Waals surface area contributed by atoms with Crippen molar-refractivity contribution in [2.75, 3.05) is 5.73 Å². The Labute approximate surface area is 150 Å². The summed E-state index contributed by atoms with van der Waals surface area (Å²) in [5.74, 6) is -0.417. The number of halogens is 2. The molecule has 1 aromatic carbocycles. The van der Waals surface area contributed by atoms with Gasteiger partial charge < -0.3 is 5.73 Å². The third-order valence-corrected chi connectivity index (χ3v) is 3.99. The van der Waals surface area contributed by atoms with Crippen LogP contribution >= 0.6 is 23.2 Å². The molecule has 3 N–H and O–H groups in total. The molecule has 0 atom stereocenters. The lowest BCUT2D eigenvalue weighted by Crippen LogP contribution is -2.19. The molecule has 3 aromatic rings. The Morgan fingerprint density at radius 1 is 1.40 bits per heavy atom. The van der Waals surface area contributed by atoms with Gasteiger partial charge in [-0.3, -0.25) is 4.79 Å². The number of benzene rings is 1. The third kappa shape index (κ3) is 3.30. The van der Waals surface area contributed by atoms with E-state index in [4.69, 9.17) is 28.9 Å². The molecule has 0 aliphatic rings. The summed E-state index contributed by atoms with van der Waals surface area (Å²) < 4.78 is 5.73. The van der Waals surface area contributed by atoms with Gasteiger partial charge in [-0.25, -0.2) is 10.1 Å². The molecule has 0 fully saturated rings. The van der Waals surface area contributed by atoms with Crippen molar-refractivity contribution in [3.8, 4) is 5.82 Å². The fourth-order valence-electron chi connectivity index (χ4n) is 1.91. The van der Waals surface area contributed by atoms with E-state index in [2.05, 4.69) is 35.8 Å². The maximum atomic E-state index is 12.2. The van der Waals surface area contributed by atoms with Crippen LogP contribution in [-0.2, 0) is 0 Å². The highest BCUT2D eigenvalue weighted by molar-refractivity contribution is 6.43. The molecule has 0 saturated carbocycles. The van der Waals surface area contributed by atoms with E-state index < -0.39 is 5.91 Å². The number of carbonyl (C=O) groups excluding carboxylic acids is 1. The summed E-state index contributed by atoms with van der Waals surface area (Å²) in [5.41, 5.74) is 8.90. The zero-order valence-corrected chi connectivity index (χ0v) is 14.2. The lowest BCUT2D eigenvalue weighted by atomic mass is 10.2. The maximum Gasteiger partial charge on any atom is 0.293 e. The zero-order valence-electron chi connectivity index (χ0n) is 12.6. The van der Waals surface area contributed by atoms with E-state index >= 15 is 0 Å². The molecule has 2 heterocycles. The van der Waals surface area contributed by atoms with Crippen LogP contribution < -0.4 is 11.2 Å². The average molecular weight is 381 g/mol. The molecule has 12 heteroatoms. The summed E-state index contributed by atoms with van der Waals surface area (Å²) in [6.07, 6.45) is 1.37. The lowest BCUT2D eigenvalue weighted by Gasteiger charge is -2.01. The standard InChI is InChI=1S/C13H10Cl2N8O2/c1-6-10(18-22-23(6)12-11(16)20-25-21-12)13(24)19-17-5-7-3-2-4-8(14)9(7)15/h2-5H,1H3,(H2,16,20)(H,19,24)/b17-5+. The fraction of sp³-hybridized carbons (Fsp3) is 0.0769. The minimum atomic E-state index is -0.576. The second-order valence-electron chi connectivity index (χ2n) is 4.75. The largest absolute Gasteiger partial charge is 0.378 e. The number of hydrazone groups is 1. The number of hydrogen-bond acceptors (Lipinski definition) is 8. The number of rotatable bonds is 4. The van der Waals surface area contributed by atoms with Gasteiger partial charge >= 0.3 is 0 Å². The number of hydrogen-bond donors (Lipinski definition) is 2. The van der Waals surface area contributed by atoms with E-state index in [9.17, 15) is 4.79 Å². The van der Waals surface area contributed by atoms with Crippen LogP contribution in [0.25, 0.3) is 5.82 Å². The molecule has 0 saturated heterocycles. The van der Waals surface area contributed by atoms with E-state index in [0.717, 1.165) is 0 Å². The predicted molar refractivity (Wildman–Crippen MR) is 89.9 cm³/mol. The van der Waals surface area contributed by atoms with Crippen molar-refractivity contribution >= 4 is 41.1 Å². The van der Waals surface area contributed by atoms with Crippen molar-refractivity contribution in [3.63, 3.8) is 0 Å². The van der Waals surface area contributed by atoms with Crippen molar-refractivity contribution < 1.29 is 9.42 Å². The molecule has 0 radical (unpaired) electrons. The number of carbonyl (C=O) groups is 1. The summed E-state index contributed by atoms with van der Waals surface area (Å²) in [7, 11) is 0. The van der Waals surface area contributed by atoms with Crippen LogP contribution in [0.5, 0.6) is 0 Å². The number of amides is 1. The highest BCUT2D eigenvalue weighted by Crippen LogP contribution is 2.24. The number of aromatic nitrogens is 5. The minimum absolute atomic E-state index is 0.0218. The normalized spacial score (nSPS) is 11.2. The first-order valence-electron chi connectivity index (χ1n) is 6.77. The highest BCUT2D eigenvalue weighted by atomic mass is 35.5. The topological polar surface area (TPSA) is 137 Å². The van der Waals surface area contributed by atoms with E-state index in [1.165, 1.54) is 10.9 Å². The van der Waals surface area contributed by atoms with Crippen LogP contribution in [0.4, 0.5) is 5.82 Å². The number of nitrogens with two attached hydrogens (primary N) is 1. The molecule has 0 bridgehead atoms. The first-order chi connectivity index (χ1) is 12.0. The van der Waals surface area contributed by atoms with Crippen LogP contribution in [0.1, 0.15) is 21.7 Å². The monoisotopic (exact) mass is 380 g/mol. The zero-order chi connectivity index (χ0) is 18.0. The van der Waals surface area contributed by atoms with E-state index in [0.29, 0.717) is 21.3 Å². The van der Waals surface area contributed by atoms with Gasteiger partial charge in [-0.1, -0.05) is 40.5 Å². The first kappa shape index (κ1) is 16.9. The van der Waals surface area contributed by atoms with Gasteiger partial charge in [0, 0.05) is 5.56 Å². The Morgan fingerprint density at radius 3 is 2.92 bits per heavy atom. The Bertz CT molecular complexity index is 965. The van der Waals surface area contributed by atoms with Gasteiger partial charge in [-0.05, 0) is 23.3 Å². The van der Waals surface area contributed by atoms with Gasteiger partial charge in [0.15, 0.2) is 5.69 Å². The molecule has 10 nitrogen and oxygen atoms in total. The second kappa shape index (κ2) is 6.87. The van der Waals surface area contributed by atoms with Crippen LogP contribution in [0.15, 0.2) is 27.9 Å². The van der Waals surface area contributed by atoms with Crippen LogP contribution in [0, 0.1) is 6.92 Å². The summed E-state index contributed by atoms with van der Waals surface area (Å²) in [4.78, 5) is 12.2. The fourth-order valence-corrected chi connectivity index (χ4v) is 2.27. The lowest BCUT2D eigenvalue weighted by molar-refractivity contribution is 0.0949. The van der Waals surface area contributed by atoms with Gasteiger partial charge in [0.1, 0.15) is 0 Å². The van der Waals surface area contributed by atoms with Gasteiger partial charge in [-0.15, -0.1) is 5.10 Å². The summed E-state index contributed by atoms with van der Waals surface area (Å²) in [5, 5.41) is 19.2. The molecule has 128 valence electrons. The predicted octanol–water partition coefficient (Wildman–Crippen LogP) is 1.61. The molecule has 1 amide bonds. The van der Waals surface area contributed by atoms with Crippen molar-refractivity contribution in [2.24, 2.45) is 5.10 Å². The highest BCUT2D eigenvalue weighted by Gasteiger charge is 2.20. The maximum absolute atomic E-state index is 12.2. The Kier molecular flexibility index (Phi) is 4.63. The average Bonchev–Trinajstić information content (AvgIpc) is 3.16. The first-order valence-corrected chi connectivity index (χ1v) is 7.52.